The predicted octanol–water partition coefficient (Wildman–Crippen LogP) is 3.54. The van der Waals surface area contributed by atoms with E-state index in [-0.39, 0.29) is 29.8 Å². The first kappa shape index (κ1) is 19.1. The van der Waals surface area contributed by atoms with Crippen molar-refractivity contribution >= 4 is 29.9 Å². The van der Waals surface area contributed by atoms with Crippen LogP contribution in [0.5, 0.6) is 0 Å². The first-order valence-electron chi connectivity index (χ1n) is 6.82. The van der Waals surface area contributed by atoms with Crippen molar-refractivity contribution in [1.29, 1.82) is 0 Å². The van der Waals surface area contributed by atoms with Gasteiger partial charge >= 0.3 is 0 Å². The standard InChI is InChI=1S/C15H24FN3.HI/c1-5-17-15(19-12(4)11(2)3)18-10-13-7-6-8-14(16)9-13;/h6-9,11-12H,5,10H2,1-4H3,(H2,17,18,19);1H. The Balaban J connectivity index is 0.00000361. The summed E-state index contributed by atoms with van der Waals surface area (Å²) >= 11 is 0. The van der Waals surface area contributed by atoms with Gasteiger partial charge in [0.05, 0.1) is 6.54 Å². The van der Waals surface area contributed by atoms with Gasteiger partial charge in [0.1, 0.15) is 5.82 Å². The lowest BCUT2D eigenvalue weighted by Gasteiger charge is -2.20. The molecule has 114 valence electrons. The molecule has 0 aliphatic rings. The zero-order valence-electron chi connectivity index (χ0n) is 12.6. The number of halogens is 2. The van der Waals surface area contributed by atoms with Gasteiger partial charge in [0, 0.05) is 12.6 Å². The fraction of sp³-hybridized carbons (Fsp3) is 0.533. The summed E-state index contributed by atoms with van der Waals surface area (Å²) in [4.78, 5) is 4.47. The number of hydrogen-bond donors (Lipinski definition) is 2. The maximum absolute atomic E-state index is 13.1. The highest BCUT2D eigenvalue weighted by atomic mass is 127. The highest BCUT2D eigenvalue weighted by molar-refractivity contribution is 14.0. The average molecular weight is 393 g/mol. The van der Waals surface area contributed by atoms with E-state index in [1.54, 1.807) is 6.07 Å². The highest BCUT2D eigenvalue weighted by Crippen LogP contribution is 2.05. The zero-order chi connectivity index (χ0) is 14.3. The molecule has 0 spiro atoms. The van der Waals surface area contributed by atoms with Crippen LogP contribution < -0.4 is 10.6 Å². The number of aliphatic imine (C=N–C) groups is 1. The van der Waals surface area contributed by atoms with Crippen LogP contribution in [0.25, 0.3) is 0 Å². The first-order valence-corrected chi connectivity index (χ1v) is 6.82. The van der Waals surface area contributed by atoms with E-state index in [9.17, 15) is 4.39 Å². The van der Waals surface area contributed by atoms with Crippen molar-refractivity contribution in [2.45, 2.75) is 40.3 Å². The summed E-state index contributed by atoms with van der Waals surface area (Å²) in [5.74, 6) is 1.08. The summed E-state index contributed by atoms with van der Waals surface area (Å²) in [6.07, 6.45) is 0. The summed E-state index contributed by atoms with van der Waals surface area (Å²) in [6, 6.07) is 6.88. The molecule has 0 amide bonds. The minimum absolute atomic E-state index is 0. The molecule has 1 aromatic rings. The van der Waals surface area contributed by atoms with E-state index in [2.05, 4.69) is 36.4 Å². The van der Waals surface area contributed by atoms with E-state index >= 15 is 0 Å². The molecule has 0 radical (unpaired) electrons. The van der Waals surface area contributed by atoms with Gasteiger partial charge in [-0.3, -0.25) is 0 Å². The summed E-state index contributed by atoms with van der Waals surface area (Å²) < 4.78 is 13.1. The van der Waals surface area contributed by atoms with Gasteiger partial charge < -0.3 is 10.6 Å². The molecule has 0 heterocycles. The van der Waals surface area contributed by atoms with Gasteiger partial charge in [-0.2, -0.15) is 0 Å². The highest BCUT2D eigenvalue weighted by Gasteiger charge is 2.08. The van der Waals surface area contributed by atoms with Crippen molar-refractivity contribution in [3.63, 3.8) is 0 Å². The minimum atomic E-state index is -0.221. The molecule has 0 aliphatic heterocycles. The normalized spacial score (nSPS) is 12.8. The molecule has 3 nitrogen and oxygen atoms in total. The van der Waals surface area contributed by atoms with Crippen LogP contribution in [0, 0.1) is 11.7 Å². The van der Waals surface area contributed by atoms with Gasteiger partial charge in [-0.25, -0.2) is 9.38 Å². The number of hydrogen-bond acceptors (Lipinski definition) is 1. The molecule has 0 aromatic heterocycles. The Hall–Kier alpha value is -0.850. The van der Waals surface area contributed by atoms with Crippen molar-refractivity contribution in [3.8, 4) is 0 Å². The Kier molecular flexibility index (Phi) is 9.54. The van der Waals surface area contributed by atoms with E-state index in [4.69, 9.17) is 0 Å². The van der Waals surface area contributed by atoms with Crippen LogP contribution >= 0.6 is 24.0 Å². The molecule has 0 bridgehead atoms. The first-order chi connectivity index (χ1) is 9.02. The quantitative estimate of drug-likeness (QED) is 0.456. The topological polar surface area (TPSA) is 36.4 Å². The summed E-state index contributed by atoms with van der Waals surface area (Å²) in [5, 5.41) is 6.55. The maximum atomic E-state index is 13.1. The lowest BCUT2D eigenvalue weighted by atomic mass is 10.1. The smallest absolute Gasteiger partial charge is 0.191 e. The van der Waals surface area contributed by atoms with Gasteiger partial charge in [-0.05, 0) is 37.5 Å². The third kappa shape index (κ3) is 7.07. The van der Waals surface area contributed by atoms with Crippen LogP contribution in [0.4, 0.5) is 4.39 Å². The molecule has 0 saturated carbocycles. The Morgan fingerprint density at radius 3 is 2.55 bits per heavy atom. The Morgan fingerprint density at radius 2 is 2.00 bits per heavy atom. The summed E-state index contributed by atoms with van der Waals surface area (Å²) in [7, 11) is 0. The van der Waals surface area contributed by atoms with E-state index in [0.717, 1.165) is 18.1 Å². The molecule has 1 atom stereocenters. The SMILES string of the molecule is CCNC(=NCc1cccc(F)c1)NC(C)C(C)C.I. The van der Waals surface area contributed by atoms with Crippen LogP contribution in [0.1, 0.15) is 33.3 Å². The van der Waals surface area contributed by atoms with Crippen molar-refractivity contribution in [3.05, 3.63) is 35.6 Å². The van der Waals surface area contributed by atoms with Crippen LogP contribution in [-0.2, 0) is 6.54 Å². The van der Waals surface area contributed by atoms with E-state index in [1.165, 1.54) is 12.1 Å². The fourth-order valence-electron chi connectivity index (χ4n) is 1.51. The second-order valence-electron chi connectivity index (χ2n) is 5.00. The molecule has 1 unspecified atom stereocenters. The number of guanidine groups is 1. The molecule has 1 aromatic carbocycles. The monoisotopic (exact) mass is 393 g/mol. The molecule has 0 saturated heterocycles. The van der Waals surface area contributed by atoms with E-state index < -0.39 is 0 Å². The summed E-state index contributed by atoms with van der Waals surface area (Å²) in [5.41, 5.74) is 0.870. The molecule has 1 rings (SSSR count). The summed E-state index contributed by atoms with van der Waals surface area (Å²) in [6.45, 7) is 9.75. The molecule has 20 heavy (non-hydrogen) atoms. The lowest BCUT2D eigenvalue weighted by molar-refractivity contribution is 0.481. The average Bonchev–Trinajstić information content (AvgIpc) is 2.36. The number of rotatable bonds is 5. The van der Waals surface area contributed by atoms with Crippen LogP contribution in [0.15, 0.2) is 29.3 Å². The molecular formula is C15H25FIN3. The molecule has 0 fully saturated rings. The Morgan fingerprint density at radius 1 is 1.30 bits per heavy atom. The van der Waals surface area contributed by atoms with Crippen molar-refractivity contribution in [2.75, 3.05) is 6.54 Å². The zero-order valence-corrected chi connectivity index (χ0v) is 14.9. The van der Waals surface area contributed by atoms with Gasteiger partial charge in [-0.1, -0.05) is 26.0 Å². The minimum Gasteiger partial charge on any atom is -0.357 e. The molecule has 0 aliphatic carbocycles. The van der Waals surface area contributed by atoms with Crippen LogP contribution in [0.3, 0.4) is 0 Å². The largest absolute Gasteiger partial charge is 0.357 e. The van der Waals surface area contributed by atoms with Crippen molar-refractivity contribution in [2.24, 2.45) is 10.9 Å². The number of benzene rings is 1. The van der Waals surface area contributed by atoms with Gasteiger partial charge in [0.15, 0.2) is 5.96 Å². The second kappa shape index (κ2) is 9.96. The fourth-order valence-corrected chi connectivity index (χ4v) is 1.51. The van der Waals surface area contributed by atoms with Gasteiger partial charge in [-0.15, -0.1) is 24.0 Å². The van der Waals surface area contributed by atoms with E-state index in [1.807, 2.05) is 13.0 Å². The number of nitrogens with zero attached hydrogens (tertiary/aromatic N) is 1. The molecule has 2 N–H and O–H groups in total. The Labute approximate surface area is 138 Å². The third-order valence-electron chi connectivity index (χ3n) is 3.02. The van der Waals surface area contributed by atoms with E-state index in [0.29, 0.717) is 18.5 Å². The van der Waals surface area contributed by atoms with Crippen molar-refractivity contribution < 1.29 is 4.39 Å². The second-order valence-corrected chi connectivity index (χ2v) is 5.00. The number of nitrogens with one attached hydrogen (secondary N) is 2. The molecule has 5 heteroatoms. The Bertz CT molecular complexity index is 421. The lowest BCUT2D eigenvalue weighted by Crippen LogP contribution is -2.44. The van der Waals surface area contributed by atoms with Gasteiger partial charge in [0.25, 0.3) is 0 Å². The van der Waals surface area contributed by atoms with Crippen LogP contribution in [-0.4, -0.2) is 18.5 Å². The van der Waals surface area contributed by atoms with Crippen molar-refractivity contribution in [1.82, 2.24) is 10.6 Å². The predicted molar refractivity (Wildman–Crippen MR) is 94.1 cm³/mol. The maximum Gasteiger partial charge on any atom is 0.191 e. The third-order valence-corrected chi connectivity index (χ3v) is 3.02. The van der Waals surface area contributed by atoms with Crippen LogP contribution in [0.2, 0.25) is 0 Å². The molecular weight excluding hydrogens is 368 g/mol. The van der Waals surface area contributed by atoms with Gasteiger partial charge in [0.2, 0.25) is 0 Å².